The molecule has 1 atom stereocenters. The first-order valence-corrected chi connectivity index (χ1v) is 6.17. The molecule has 1 aromatic carbocycles. The highest BCUT2D eigenvalue weighted by atomic mass is 19.1. The van der Waals surface area contributed by atoms with Crippen LogP contribution in [0.3, 0.4) is 0 Å². The second-order valence-electron chi connectivity index (χ2n) is 4.53. The molecule has 1 aliphatic rings. The van der Waals surface area contributed by atoms with Crippen LogP contribution in [0.15, 0.2) is 18.2 Å². The van der Waals surface area contributed by atoms with E-state index in [-0.39, 0.29) is 5.56 Å². The van der Waals surface area contributed by atoms with Gasteiger partial charge in [-0.3, -0.25) is 0 Å². The van der Waals surface area contributed by atoms with Crippen LogP contribution >= 0.6 is 0 Å². The Hall–Kier alpha value is -1.62. The highest BCUT2D eigenvalue weighted by Gasteiger charge is 2.13. The van der Waals surface area contributed by atoms with Crippen molar-refractivity contribution in [2.75, 3.05) is 18.4 Å². The average molecular weight is 252 g/mol. The van der Waals surface area contributed by atoms with Gasteiger partial charge in [0.25, 0.3) is 0 Å². The molecule has 1 aromatic rings. The molecule has 18 heavy (non-hydrogen) atoms. The number of aromatic carboxylic acids is 1. The molecule has 0 amide bonds. The number of piperidine rings is 1. The van der Waals surface area contributed by atoms with Crippen LogP contribution in [0.1, 0.15) is 29.6 Å². The fourth-order valence-electron chi connectivity index (χ4n) is 2.14. The Morgan fingerprint density at radius 2 is 2.33 bits per heavy atom. The van der Waals surface area contributed by atoms with Crippen molar-refractivity contribution in [3.05, 3.63) is 29.6 Å². The lowest BCUT2D eigenvalue weighted by molar-refractivity contribution is 0.0692. The fraction of sp³-hybridized carbons (Fsp3) is 0.462. The van der Waals surface area contributed by atoms with Gasteiger partial charge in [0.1, 0.15) is 5.82 Å². The van der Waals surface area contributed by atoms with Gasteiger partial charge in [-0.05, 0) is 37.6 Å². The van der Waals surface area contributed by atoms with Gasteiger partial charge in [-0.15, -0.1) is 0 Å². The molecule has 1 unspecified atom stereocenters. The Bertz CT molecular complexity index is 431. The summed E-state index contributed by atoms with van der Waals surface area (Å²) in [7, 11) is 0. The minimum Gasteiger partial charge on any atom is -0.478 e. The van der Waals surface area contributed by atoms with E-state index in [0.29, 0.717) is 11.7 Å². The Morgan fingerprint density at radius 1 is 1.50 bits per heavy atom. The van der Waals surface area contributed by atoms with Crippen molar-refractivity contribution < 1.29 is 14.3 Å². The molecule has 1 aliphatic heterocycles. The maximum atomic E-state index is 13.2. The lowest BCUT2D eigenvalue weighted by Crippen LogP contribution is -2.39. The van der Waals surface area contributed by atoms with Gasteiger partial charge in [-0.2, -0.15) is 0 Å². The lowest BCUT2D eigenvalue weighted by Gasteiger charge is -2.24. The summed E-state index contributed by atoms with van der Waals surface area (Å²) in [5.74, 6) is -1.95. The summed E-state index contributed by atoms with van der Waals surface area (Å²) in [6.45, 7) is 1.75. The van der Waals surface area contributed by atoms with E-state index in [2.05, 4.69) is 10.6 Å². The largest absolute Gasteiger partial charge is 0.478 e. The molecule has 98 valence electrons. The Labute approximate surface area is 105 Å². The van der Waals surface area contributed by atoms with Crippen LogP contribution in [0.2, 0.25) is 0 Å². The first-order chi connectivity index (χ1) is 8.66. The predicted octanol–water partition coefficient (Wildman–Crippen LogP) is 2.08. The van der Waals surface area contributed by atoms with E-state index in [9.17, 15) is 9.18 Å². The number of halogens is 1. The van der Waals surface area contributed by atoms with Crippen LogP contribution in [0.4, 0.5) is 10.1 Å². The molecule has 1 heterocycles. The molecule has 1 saturated heterocycles. The van der Waals surface area contributed by atoms with Crippen molar-refractivity contribution >= 4 is 11.7 Å². The van der Waals surface area contributed by atoms with E-state index in [4.69, 9.17) is 5.11 Å². The minimum absolute atomic E-state index is 0.295. The monoisotopic (exact) mass is 252 g/mol. The zero-order chi connectivity index (χ0) is 13.0. The molecule has 0 radical (unpaired) electrons. The Kier molecular flexibility index (Phi) is 4.15. The number of rotatable bonds is 4. The SMILES string of the molecule is O=C(O)c1cc(NCC2CCCCN2)ccc1F. The Balaban J connectivity index is 1.96. The zero-order valence-corrected chi connectivity index (χ0v) is 10.1. The summed E-state index contributed by atoms with van der Waals surface area (Å²) >= 11 is 0. The fourth-order valence-corrected chi connectivity index (χ4v) is 2.14. The van der Waals surface area contributed by atoms with Gasteiger partial charge >= 0.3 is 5.97 Å². The van der Waals surface area contributed by atoms with Gasteiger partial charge < -0.3 is 15.7 Å². The number of benzene rings is 1. The summed E-state index contributed by atoms with van der Waals surface area (Å²) in [5, 5.41) is 15.4. The maximum Gasteiger partial charge on any atom is 0.338 e. The molecule has 5 heteroatoms. The van der Waals surface area contributed by atoms with E-state index in [1.54, 1.807) is 6.07 Å². The number of carboxylic acids is 1. The van der Waals surface area contributed by atoms with E-state index in [0.717, 1.165) is 19.5 Å². The van der Waals surface area contributed by atoms with Crippen molar-refractivity contribution in [2.45, 2.75) is 25.3 Å². The highest BCUT2D eigenvalue weighted by Crippen LogP contribution is 2.15. The first-order valence-electron chi connectivity index (χ1n) is 6.17. The normalized spacial score (nSPS) is 19.5. The number of carbonyl (C=O) groups is 1. The summed E-state index contributed by atoms with van der Waals surface area (Å²) in [6, 6.07) is 4.47. The molecule has 4 nitrogen and oxygen atoms in total. The topological polar surface area (TPSA) is 61.4 Å². The maximum absolute atomic E-state index is 13.2. The number of nitrogens with one attached hydrogen (secondary N) is 2. The van der Waals surface area contributed by atoms with Crippen LogP contribution in [-0.2, 0) is 0 Å². The van der Waals surface area contributed by atoms with Gasteiger partial charge in [0.05, 0.1) is 5.56 Å². The summed E-state index contributed by atoms with van der Waals surface area (Å²) in [4.78, 5) is 10.8. The average Bonchev–Trinajstić information content (AvgIpc) is 2.38. The number of anilines is 1. The highest BCUT2D eigenvalue weighted by molar-refractivity contribution is 5.89. The summed E-state index contributed by atoms with van der Waals surface area (Å²) < 4.78 is 13.2. The van der Waals surface area contributed by atoms with Crippen LogP contribution in [0, 0.1) is 5.82 Å². The van der Waals surface area contributed by atoms with Crippen molar-refractivity contribution in [3.8, 4) is 0 Å². The minimum atomic E-state index is -1.24. The molecular formula is C13H17FN2O2. The third-order valence-corrected chi connectivity index (χ3v) is 3.16. The van der Waals surface area contributed by atoms with Crippen LogP contribution in [-0.4, -0.2) is 30.2 Å². The second-order valence-corrected chi connectivity index (χ2v) is 4.53. The quantitative estimate of drug-likeness (QED) is 0.767. The molecule has 0 aliphatic carbocycles. The molecule has 0 bridgehead atoms. The molecular weight excluding hydrogens is 235 g/mol. The van der Waals surface area contributed by atoms with Gasteiger partial charge in [-0.1, -0.05) is 6.42 Å². The van der Waals surface area contributed by atoms with Gasteiger partial charge in [-0.25, -0.2) is 9.18 Å². The van der Waals surface area contributed by atoms with Crippen molar-refractivity contribution in [1.29, 1.82) is 0 Å². The van der Waals surface area contributed by atoms with Gasteiger partial charge in [0.15, 0.2) is 0 Å². The van der Waals surface area contributed by atoms with Crippen molar-refractivity contribution in [2.24, 2.45) is 0 Å². The van der Waals surface area contributed by atoms with Gasteiger partial charge in [0, 0.05) is 18.3 Å². The number of carboxylic acid groups (broad SMARTS) is 1. The molecule has 0 saturated carbocycles. The zero-order valence-electron chi connectivity index (χ0n) is 10.1. The van der Waals surface area contributed by atoms with E-state index >= 15 is 0 Å². The molecule has 3 N–H and O–H groups in total. The van der Waals surface area contributed by atoms with Gasteiger partial charge in [0.2, 0.25) is 0 Å². The van der Waals surface area contributed by atoms with Crippen LogP contribution < -0.4 is 10.6 Å². The molecule has 0 spiro atoms. The van der Waals surface area contributed by atoms with E-state index < -0.39 is 11.8 Å². The predicted molar refractivity (Wildman–Crippen MR) is 67.5 cm³/mol. The molecule has 0 aromatic heterocycles. The van der Waals surface area contributed by atoms with Crippen LogP contribution in [0.5, 0.6) is 0 Å². The van der Waals surface area contributed by atoms with E-state index in [1.165, 1.54) is 25.0 Å². The third kappa shape index (κ3) is 3.20. The Morgan fingerprint density at radius 3 is 3.00 bits per heavy atom. The van der Waals surface area contributed by atoms with Crippen molar-refractivity contribution in [3.63, 3.8) is 0 Å². The molecule has 1 fully saturated rings. The van der Waals surface area contributed by atoms with E-state index in [1.807, 2.05) is 0 Å². The number of hydrogen-bond donors (Lipinski definition) is 3. The molecule has 2 rings (SSSR count). The van der Waals surface area contributed by atoms with Crippen LogP contribution in [0.25, 0.3) is 0 Å². The first kappa shape index (κ1) is 12.8. The summed E-state index contributed by atoms with van der Waals surface area (Å²) in [5.41, 5.74) is 0.345. The van der Waals surface area contributed by atoms with Crippen molar-refractivity contribution in [1.82, 2.24) is 5.32 Å². The number of hydrogen-bond acceptors (Lipinski definition) is 3. The smallest absolute Gasteiger partial charge is 0.338 e. The lowest BCUT2D eigenvalue weighted by atomic mass is 10.0. The summed E-state index contributed by atoms with van der Waals surface area (Å²) in [6.07, 6.45) is 3.53. The third-order valence-electron chi connectivity index (χ3n) is 3.16. The second kappa shape index (κ2) is 5.82. The standard InChI is InChI=1S/C13H17FN2O2/c14-12-5-4-9(7-11(12)13(17)18)16-8-10-3-1-2-6-15-10/h4-5,7,10,15-16H,1-3,6,8H2,(H,17,18).